The van der Waals surface area contributed by atoms with Crippen molar-refractivity contribution in [3.05, 3.63) is 77.5 Å². The van der Waals surface area contributed by atoms with E-state index in [1.54, 1.807) is 30.3 Å². The van der Waals surface area contributed by atoms with Crippen molar-refractivity contribution in [3.8, 4) is 11.3 Å². The Kier molecular flexibility index (Phi) is 4.89. The summed E-state index contributed by atoms with van der Waals surface area (Å²) in [5.41, 5.74) is 1.96. The predicted molar refractivity (Wildman–Crippen MR) is 90.9 cm³/mol. The molecule has 1 heterocycles. The molecule has 0 bridgehead atoms. The number of rotatable bonds is 5. The Hall–Kier alpha value is -3.41. The molecule has 3 aromatic rings. The van der Waals surface area contributed by atoms with Gasteiger partial charge in [0.2, 0.25) is 0 Å². The molecule has 0 atom stereocenters. The lowest BCUT2D eigenvalue weighted by Gasteiger charge is -2.07. The summed E-state index contributed by atoms with van der Waals surface area (Å²) in [6.45, 7) is 0.185. The van der Waals surface area contributed by atoms with Crippen LogP contribution in [0.3, 0.4) is 0 Å². The molecule has 0 saturated heterocycles. The molecule has 0 radical (unpaired) electrons. The second kappa shape index (κ2) is 7.44. The molecule has 6 nitrogen and oxygen atoms in total. The molecule has 3 rings (SSSR count). The molecule has 0 aliphatic carbocycles. The van der Waals surface area contributed by atoms with E-state index in [9.17, 15) is 9.59 Å². The van der Waals surface area contributed by atoms with E-state index in [0.717, 1.165) is 5.56 Å². The van der Waals surface area contributed by atoms with E-state index < -0.39 is 5.97 Å². The second-order valence-electron chi connectivity index (χ2n) is 5.27. The van der Waals surface area contributed by atoms with Gasteiger partial charge in [-0.3, -0.25) is 4.79 Å². The van der Waals surface area contributed by atoms with Gasteiger partial charge >= 0.3 is 5.97 Å². The molecule has 0 unspecified atom stereocenters. The smallest absolute Gasteiger partial charge is 0.338 e. The summed E-state index contributed by atoms with van der Waals surface area (Å²) in [5.74, 6) is -0.316. The predicted octanol–water partition coefficient (Wildman–Crippen LogP) is 3.06. The molecule has 1 amide bonds. The molecular weight excluding hydrogens is 320 g/mol. The molecule has 0 aliphatic rings. The number of hydrogen-bond acceptors (Lipinski definition) is 5. The maximum Gasteiger partial charge on any atom is 0.338 e. The highest BCUT2D eigenvalue weighted by molar-refractivity contribution is 6.05. The van der Waals surface area contributed by atoms with Crippen molar-refractivity contribution in [2.45, 2.75) is 6.54 Å². The number of ether oxygens (including phenoxy) is 1. The van der Waals surface area contributed by atoms with Crippen LogP contribution in [-0.4, -0.2) is 24.1 Å². The lowest BCUT2D eigenvalue weighted by molar-refractivity contribution is 0.0596. The Labute approximate surface area is 144 Å². The normalized spacial score (nSPS) is 10.3. The summed E-state index contributed by atoms with van der Waals surface area (Å²) in [5, 5.41) is 6.68. The van der Waals surface area contributed by atoms with Gasteiger partial charge in [-0.05, 0) is 12.1 Å². The number of nitrogens with one attached hydrogen (secondary N) is 1. The first kappa shape index (κ1) is 16.4. The first-order valence-corrected chi connectivity index (χ1v) is 7.65. The summed E-state index contributed by atoms with van der Waals surface area (Å²) in [6.07, 6.45) is 0. The third kappa shape index (κ3) is 3.74. The highest BCUT2D eigenvalue weighted by Gasteiger charge is 2.17. The average Bonchev–Trinajstić information content (AvgIpc) is 3.15. The zero-order valence-corrected chi connectivity index (χ0v) is 13.6. The number of methoxy groups -OCH3 is 1. The van der Waals surface area contributed by atoms with E-state index >= 15 is 0 Å². The lowest BCUT2D eigenvalue weighted by atomic mass is 10.1. The number of aromatic nitrogens is 1. The maximum absolute atomic E-state index is 12.4. The molecule has 1 aromatic heterocycles. The van der Waals surface area contributed by atoms with Crippen LogP contribution in [0.1, 0.15) is 26.4 Å². The van der Waals surface area contributed by atoms with E-state index in [4.69, 9.17) is 9.26 Å². The van der Waals surface area contributed by atoms with Gasteiger partial charge in [0.25, 0.3) is 5.91 Å². The fraction of sp³-hybridized carbons (Fsp3) is 0.105. The van der Waals surface area contributed by atoms with Crippen molar-refractivity contribution in [1.82, 2.24) is 10.5 Å². The summed E-state index contributed by atoms with van der Waals surface area (Å²) >= 11 is 0. The van der Waals surface area contributed by atoms with Crippen LogP contribution < -0.4 is 5.32 Å². The maximum atomic E-state index is 12.4. The van der Waals surface area contributed by atoms with E-state index in [-0.39, 0.29) is 23.6 Å². The van der Waals surface area contributed by atoms with Crippen molar-refractivity contribution < 1.29 is 18.8 Å². The zero-order chi connectivity index (χ0) is 17.6. The van der Waals surface area contributed by atoms with Crippen LogP contribution in [0.2, 0.25) is 0 Å². The number of nitrogens with zero attached hydrogens (tertiary/aromatic N) is 1. The van der Waals surface area contributed by atoms with Crippen molar-refractivity contribution >= 4 is 11.9 Å². The lowest BCUT2D eigenvalue weighted by Crippen LogP contribution is -2.25. The van der Waals surface area contributed by atoms with Gasteiger partial charge in [0, 0.05) is 11.6 Å². The molecule has 25 heavy (non-hydrogen) atoms. The summed E-state index contributed by atoms with van der Waals surface area (Å²) < 4.78 is 9.99. The molecule has 0 aliphatic heterocycles. The van der Waals surface area contributed by atoms with Crippen molar-refractivity contribution in [2.75, 3.05) is 7.11 Å². The molecule has 2 aromatic carbocycles. The van der Waals surface area contributed by atoms with Gasteiger partial charge in [0.15, 0.2) is 5.76 Å². The standard InChI is InChI=1S/C19H16N2O4/c1-24-19(23)16-10-6-5-9-15(16)18(22)20-12-14-11-17(25-21-14)13-7-3-2-4-8-13/h2-11H,12H2,1H3,(H,20,22). The van der Waals surface area contributed by atoms with Gasteiger partial charge in [-0.2, -0.15) is 0 Å². The summed E-state index contributed by atoms with van der Waals surface area (Å²) in [4.78, 5) is 24.1. The van der Waals surface area contributed by atoms with Gasteiger partial charge in [-0.25, -0.2) is 4.79 Å². The summed E-state index contributed by atoms with van der Waals surface area (Å²) in [6, 6.07) is 17.8. The van der Waals surface area contributed by atoms with Gasteiger partial charge in [-0.15, -0.1) is 0 Å². The zero-order valence-electron chi connectivity index (χ0n) is 13.6. The monoisotopic (exact) mass is 336 g/mol. The van der Waals surface area contributed by atoms with Crippen LogP contribution in [0.25, 0.3) is 11.3 Å². The summed E-state index contributed by atoms with van der Waals surface area (Å²) in [7, 11) is 1.28. The molecule has 6 heteroatoms. The number of carbonyl (C=O) groups excluding carboxylic acids is 2. The average molecular weight is 336 g/mol. The molecule has 0 fully saturated rings. The molecule has 0 saturated carbocycles. The van der Waals surface area contributed by atoms with Crippen LogP contribution in [0.15, 0.2) is 65.2 Å². The van der Waals surface area contributed by atoms with Crippen LogP contribution in [0, 0.1) is 0 Å². The Bertz CT molecular complexity index is 887. The highest BCUT2D eigenvalue weighted by atomic mass is 16.5. The number of benzene rings is 2. The van der Waals surface area contributed by atoms with Crippen molar-refractivity contribution in [1.29, 1.82) is 0 Å². The van der Waals surface area contributed by atoms with Gasteiger partial charge in [-0.1, -0.05) is 47.6 Å². The van der Waals surface area contributed by atoms with E-state index in [2.05, 4.69) is 10.5 Å². The number of hydrogen-bond donors (Lipinski definition) is 1. The van der Waals surface area contributed by atoms with E-state index in [1.165, 1.54) is 7.11 Å². The fourth-order valence-corrected chi connectivity index (χ4v) is 2.37. The number of esters is 1. The van der Waals surface area contributed by atoms with Crippen LogP contribution in [0.5, 0.6) is 0 Å². The third-order valence-corrected chi connectivity index (χ3v) is 3.62. The SMILES string of the molecule is COC(=O)c1ccccc1C(=O)NCc1cc(-c2ccccc2)on1. The first-order valence-electron chi connectivity index (χ1n) is 7.65. The molecule has 0 spiro atoms. The second-order valence-corrected chi connectivity index (χ2v) is 5.27. The van der Waals surface area contributed by atoms with E-state index in [1.807, 2.05) is 30.3 Å². The van der Waals surface area contributed by atoms with Gasteiger partial charge in [0.05, 0.1) is 24.8 Å². The Morgan fingerprint density at radius 1 is 1.04 bits per heavy atom. The Morgan fingerprint density at radius 2 is 1.72 bits per heavy atom. The topological polar surface area (TPSA) is 81.4 Å². The van der Waals surface area contributed by atoms with E-state index in [0.29, 0.717) is 11.5 Å². The third-order valence-electron chi connectivity index (χ3n) is 3.62. The van der Waals surface area contributed by atoms with Crippen molar-refractivity contribution in [2.24, 2.45) is 0 Å². The minimum atomic E-state index is -0.557. The van der Waals surface area contributed by atoms with Crippen LogP contribution in [0.4, 0.5) is 0 Å². The quantitative estimate of drug-likeness (QED) is 0.724. The van der Waals surface area contributed by atoms with Gasteiger partial charge in [0.1, 0.15) is 5.69 Å². The van der Waals surface area contributed by atoms with Crippen molar-refractivity contribution in [3.63, 3.8) is 0 Å². The highest BCUT2D eigenvalue weighted by Crippen LogP contribution is 2.19. The van der Waals surface area contributed by atoms with Crippen LogP contribution in [-0.2, 0) is 11.3 Å². The minimum Gasteiger partial charge on any atom is -0.465 e. The first-order chi connectivity index (χ1) is 12.2. The Morgan fingerprint density at radius 3 is 2.44 bits per heavy atom. The number of carbonyl (C=O) groups is 2. The fourth-order valence-electron chi connectivity index (χ4n) is 2.37. The minimum absolute atomic E-state index is 0.185. The number of amides is 1. The van der Waals surface area contributed by atoms with Gasteiger partial charge < -0.3 is 14.6 Å². The molecule has 1 N–H and O–H groups in total. The Balaban J connectivity index is 1.70. The molecule has 126 valence electrons. The molecular formula is C19H16N2O4. The largest absolute Gasteiger partial charge is 0.465 e. The van der Waals surface area contributed by atoms with Crippen LogP contribution >= 0.6 is 0 Å².